The largest absolute Gasteiger partial charge is 0.481 e. The lowest BCUT2D eigenvalue weighted by Gasteiger charge is -2.12. The molecule has 0 amide bonds. The van der Waals surface area contributed by atoms with E-state index in [0.717, 1.165) is 0 Å². The Morgan fingerprint density at radius 1 is 1.50 bits per heavy atom. The molecule has 0 aliphatic rings. The van der Waals surface area contributed by atoms with E-state index in [1.807, 2.05) is 0 Å². The molecule has 0 heterocycles. The minimum absolute atomic E-state index is 0.0232. The summed E-state index contributed by atoms with van der Waals surface area (Å²) in [5.41, 5.74) is 0. The molecule has 0 saturated heterocycles. The Labute approximate surface area is 131 Å². The number of halogens is 2. The van der Waals surface area contributed by atoms with Gasteiger partial charge in [0, 0.05) is 17.4 Å². The number of carboxylic acid groups (broad SMARTS) is 1. The SMILES string of the molecule is CC(CCC(=O)O)CNS(=O)(=O)c1ccc(Cl)c(Br)c1. The fraction of sp³-hybridized carbons (Fsp3) is 0.417. The van der Waals surface area contributed by atoms with E-state index in [1.165, 1.54) is 18.2 Å². The van der Waals surface area contributed by atoms with Gasteiger partial charge in [0.2, 0.25) is 10.0 Å². The molecule has 112 valence electrons. The molecular weight excluding hydrogens is 370 g/mol. The standard InChI is InChI=1S/C12H15BrClNO4S/c1-8(2-5-12(16)17)7-15-20(18,19)9-3-4-11(14)10(13)6-9/h3-4,6,8,15H,2,5,7H2,1H3,(H,16,17). The van der Waals surface area contributed by atoms with Gasteiger partial charge in [0.05, 0.1) is 9.92 Å². The molecule has 0 fully saturated rings. The molecule has 1 aromatic rings. The van der Waals surface area contributed by atoms with Crippen molar-refractivity contribution in [3.63, 3.8) is 0 Å². The molecule has 8 heteroatoms. The van der Waals surface area contributed by atoms with E-state index in [1.54, 1.807) is 6.92 Å². The third-order valence-corrected chi connectivity index (χ3v) is 5.31. The maximum atomic E-state index is 12.0. The zero-order valence-corrected chi connectivity index (χ0v) is 13.9. The lowest BCUT2D eigenvalue weighted by molar-refractivity contribution is -0.137. The summed E-state index contributed by atoms with van der Waals surface area (Å²) < 4.78 is 27.1. The molecular formula is C12H15BrClNO4S. The summed E-state index contributed by atoms with van der Waals surface area (Å²) in [6.45, 7) is 1.99. The highest BCUT2D eigenvalue weighted by Gasteiger charge is 2.16. The Morgan fingerprint density at radius 2 is 2.15 bits per heavy atom. The smallest absolute Gasteiger partial charge is 0.303 e. The molecule has 0 aliphatic carbocycles. The molecule has 1 unspecified atom stereocenters. The number of nitrogens with one attached hydrogen (secondary N) is 1. The number of hydrogen-bond acceptors (Lipinski definition) is 3. The van der Waals surface area contributed by atoms with E-state index in [2.05, 4.69) is 20.7 Å². The monoisotopic (exact) mass is 383 g/mol. The summed E-state index contributed by atoms with van der Waals surface area (Å²) in [5.74, 6) is -0.946. The van der Waals surface area contributed by atoms with Crippen molar-refractivity contribution >= 4 is 43.5 Å². The Bertz CT molecular complexity index is 591. The predicted octanol–water partition coefficient (Wildman–Crippen LogP) is 2.88. The molecule has 1 atom stereocenters. The van der Waals surface area contributed by atoms with Crippen LogP contribution in [0.3, 0.4) is 0 Å². The minimum atomic E-state index is -3.62. The summed E-state index contributed by atoms with van der Waals surface area (Å²) >= 11 is 8.98. The van der Waals surface area contributed by atoms with Crippen molar-refractivity contribution in [1.82, 2.24) is 4.72 Å². The van der Waals surface area contributed by atoms with Crippen LogP contribution < -0.4 is 4.72 Å². The van der Waals surface area contributed by atoms with Crippen LogP contribution in [-0.2, 0) is 14.8 Å². The van der Waals surface area contributed by atoms with E-state index < -0.39 is 16.0 Å². The zero-order chi connectivity index (χ0) is 15.3. The van der Waals surface area contributed by atoms with Crippen LogP contribution in [0.4, 0.5) is 0 Å². The molecule has 5 nitrogen and oxygen atoms in total. The molecule has 0 bridgehead atoms. The summed E-state index contributed by atoms with van der Waals surface area (Å²) in [7, 11) is -3.62. The van der Waals surface area contributed by atoms with Crippen LogP contribution in [0, 0.1) is 5.92 Å². The van der Waals surface area contributed by atoms with Gasteiger partial charge in [-0.15, -0.1) is 0 Å². The van der Waals surface area contributed by atoms with Gasteiger partial charge in [-0.1, -0.05) is 18.5 Å². The molecule has 0 saturated carbocycles. The number of carbonyl (C=O) groups is 1. The van der Waals surface area contributed by atoms with Crippen molar-refractivity contribution in [1.29, 1.82) is 0 Å². The number of sulfonamides is 1. The number of benzene rings is 1. The number of hydrogen-bond donors (Lipinski definition) is 2. The van der Waals surface area contributed by atoms with E-state index in [4.69, 9.17) is 16.7 Å². The fourth-order valence-corrected chi connectivity index (χ4v) is 3.29. The van der Waals surface area contributed by atoms with Gasteiger partial charge in [0.1, 0.15) is 0 Å². The first-order valence-corrected chi connectivity index (χ1v) is 8.54. The molecule has 0 spiro atoms. The highest BCUT2D eigenvalue weighted by Crippen LogP contribution is 2.25. The molecule has 0 radical (unpaired) electrons. The fourth-order valence-electron chi connectivity index (χ4n) is 1.45. The lowest BCUT2D eigenvalue weighted by atomic mass is 10.1. The number of rotatable bonds is 7. The second-order valence-electron chi connectivity index (χ2n) is 4.47. The van der Waals surface area contributed by atoms with Gasteiger partial charge in [0.25, 0.3) is 0 Å². The molecule has 20 heavy (non-hydrogen) atoms. The van der Waals surface area contributed by atoms with Crippen LogP contribution in [0.1, 0.15) is 19.8 Å². The minimum Gasteiger partial charge on any atom is -0.481 e. The summed E-state index contributed by atoms with van der Waals surface area (Å²) in [6, 6.07) is 4.33. The maximum absolute atomic E-state index is 12.0. The van der Waals surface area contributed by atoms with Crippen LogP contribution in [0.15, 0.2) is 27.6 Å². The molecule has 0 aromatic heterocycles. The Balaban J connectivity index is 2.65. The average Bonchev–Trinajstić information content (AvgIpc) is 2.37. The van der Waals surface area contributed by atoms with Gasteiger partial charge >= 0.3 is 5.97 Å². The van der Waals surface area contributed by atoms with Gasteiger partial charge in [-0.25, -0.2) is 13.1 Å². The van der Waals surface area contributed by atoms with Gasteiger partial charge in [-0.05, 0) is 46.5 Å². The van der Waals surface area contributed by atoms with Crippen molar-refractivity contribution in [2.45, 2.75) is 24.7 Å². The quantitative estimate of drug-likeness (QED) is 0.757. The van der Waals surface area contributed by atoms with Crippen LogP contribution in [-0.4, -0.2) is 26.0 Å². The molecule has 1 rings (SSSR count). The van der Waals surface area contributed by atoms with E-state index >= 15 is 0 Å². The third-order valence-electron chi connectivity index (χ3n) is 2.67. The average molecular weight is 385 g/mol. The van der Waals surface area contributed by atoms with Crippen molar-refractivity contribution in [3.05, 3.63) is 27.7 Å². The van der Waals surface area contributed by atoms with Crippen molar-refractivity contribution in [3.8, 4) is 0 Å². The zero-order valence-electron chi connectivity index (χ0n) is 10.8. The number of aliphatic carboxylic acids is 1. The van der Waals surface area contributed by atoms with Gasteiger partial charge in [-0.2, -0.15) is 0 Å². The molecule has 2 N–H and O–H groups in total. The van der Waals surface area contributed by atoms with E-state index in [-0.39, 0.29) is 23.8 Å². The van der Waals surface area contributed by atoms with Crippen molar-refractivity contribution in [2.75, 3.05) is 6.54 Å². The van der Waals surface area contributed by atoms with Crippen LogP contribution in [0.2, 0.25) is 5.02 Å². The maximum Gasteiger partial charge on any atom is 0.303 e. The van der Waals surface area contributed by atoms with Crippen LogP contribution in [0.5, 0.6) is 0 Å². The van der Waals surface area contributed by atoms with Crippen LogP contribution >= 0.6 is 27.5 Å². The first kappa shape index (κ1) is 17.4. The van der Waals surface area contributed by atoms with E-state index in [9.17, 15) is 13.2 Å². The van der Waals surface area contributed by atoms with Crippen LogP contribution in [0.25, 0.3) is 0 Å². The topological polar surface area (TPSA) is 83.5 Å². The second kappa shape index (κ2) is 7.40. The first-order chi connectivity index (χ1) is 9.22. The van der Waals surface area contributed by atoms with Crippen molar-refractivity contribution < 1.29 is 18.3 Å². The normalized spacial score (nSPS) is 13.2. The van der Waals surface area contributed by atoms with E-state index in [0.29, 0.717) is 15.9 Å². The predicted molar refractivity (Wildman–Crippen MR) is 80.4 cm³/mol. The highest BCUT2D eigenvalue weighted by molar-refractivity contribution is 9.10. The first-order valence-electron chi connectivity index (χ1n) is 5.89. The van der Waals surface area contributed by atoms with Crippen molar-refractivity contribution in [2.24, 2.45) is 5.92 Å². The highest BCUT2D eigenvalue weighted by atomic mass is 79.9. The Kier molecular flexibility index (Phi) is 6.44. The van der Waals surface area contributed by atoms with Gasteiger partial charge in [0.15, 0.2) is 0 Å². The van der Waals surface area contributed by atoms with Gasteiger partial charge in [-0.3, -0.25) is 4.79 Å². The number of carboxylic acids is 1. The molecule has 0 aliphatic heterocycles. The summed E-state index contributed by atoms with van der Waals surface area (Å²) in [5, 5.41) is 9.00. The summed E-state index contributed by atoms with van der Waals surface area (Å²) in [4.78, 5) is 10.5. The lowest BCUT2D eigenvalue weighted by Crippen LogP contribution is -2.28. The summed E-state index contributed by atoms with van der Waals surface area (Å²) in [6.07, 6.45) is 0.442. The second-order valence-corrected chi connectivity index (χ2v) is 7.49. The molecule has 1 aromatic carbocycles. The third kappa shape index (κ3) is 5.40. The van der Waals surface area contributed by atoms with Gasteiger partial charge < -0.3 is 5.11 Å². The Hall–Kier alpha value is -0.630. The Morgan fingerprint density at radius 3 is 2.70 bits per heavy atom.